The van der Waals surface area contributed by atoms with E-state index in [0.717, 1.165) is 31.2 Å². The van der Waals surface area contributed by atoms with Gasteiger partial charge >= 0.3 is 0 Å². The van der Waals surface area contributed by atoms with Crippen molar-refractivity contribution in [2.24, 2.45) is 10.9 Å². The molecule has 0 aliphatic carbocycles. The second-order valence-electron chi connectivity index (χ2n) is 5.94. The van der Waals surface area contributed by atoms with Crippen LogP contribution < -0.4 is 10.6 Å². The molecule has 2 N–H and O–H groups in total. The van der Waals surface area contributed by atoms with Crippen LogP contribution in [0.2, 0.25) is 0 Å². The van der Waals surface area contributed by atoms with Gasteiger partial charge in [-0.05, 0) is 49.5 Å². The first kappa shape index (κ1) is 20.2. The zero-order valence-electron chi connectivity index (χ0n) is 14.2. The summed E-state index contributed by atoms with van der Waals surface area (Å²) in [6.45, 7) is 8.95. The summed E-state index contributed by atoms with van der Waals surface area (Å²) >= 11 is 0. The van der Waals surface area contributed by atoms with E-state index in [2.05, 4.69) is 27.4 Å². The van der Waals surface area contributed by atoms with Crippen LogP contribution in [0.25, 0.3) is 0 Å². The fourth-order valence-corrected chi connectivity index (χ4v) is 2.76. The van der Waals surface area contributed by atoms with Crippen LogP contribution in [-0.2, 0) is 6.54 Å². The molecular formula is C17H28FIN4. The van der Waals surface area contributed by atoms with Gasteiger partial charge in [-0.25, -0.2) is 4.39 Å². The van der Waals surface area contributed by atoms with Crippen molar-refractivity contribution < 1.29 is 4.39 Å². The molecule has 130 valence electrons. The Hall–Kier alpha value is -0.890. The Labute approximate surface area is 156 Å². The summed E-state index contributed by atoms with van der Waals surface area (Å²) in [6.07, 6.45) is 1.24. The molecule has 23 heavy (non-hydrogen) atoms. The molecule has 0 amide bonds. The van der Waals surface area contributed by atoms with E-state index in [4.69, 9.17) is 0 Å². The fourth-order valence-electron chi connectivity index (χ4n) is 2.76. The maximum Gasteiger partial charge on any atom is 0.191 e. The van der Waals surface area contributed by atoms with Gasteiger partial charge in [0.15, 0.2) is 5.96 Å². The first-order valence-corrected chi connectivity index (χ1v) is 8.04. The van der Waals surface area contributed by atoms with Gasteiger partial charge in [-0.3, -0.25) is 4.99 Å². The van der Waals surface area contributed by atoms with Gasteiger partial charge in [0, 0.05) is 26.7 Å². The first-order chi connectivity index (χ1) is 10.6. The van der Waals surface area contributed by atoms with Gasteiger partial charge < -0.3 is 15.5 Å². The molecule has 4 nitrogen and oxygen atoms in total. The van der Waals surface area contributed by atoms with Crippen molar-refractivity contribution in [1.29, 1.82) is 0 Å². The standard InChI is InChI=1S/C17H27FN4.HI/c1-4-22-8-7-15(12-22)11-21-17(19-3)20-10-14-6-5-13(2)16(18)9-14;/h5-6,9,15H,4,7-8,10-12H2,1-3H3,(H2,19,20,21);1H. The molecule has 1 saturated heterocycles. The molecule has 0 aromatic heterocycles. The quantitative estimate of drug-likeness (QED) is 0.426. The number of aliphatic imine (C=N–C) groups is 1. The lowest BCUT2D eigenvalue weighted by Crippen LogP contribution is -2.39. The Bertz CT molecular complexity index is 521. The topological polar surface area (TPSA) is 39.7 Å². The number of benzene rings is 1. The number of hydrogen-bond acceptors (Lipinski definition) is 2. The third-order valence-electron chi connectivity index (χ3n) is 4.30. The third kappa shape index (κ3) is 6.25. The van der Waals surface area contributed by atoms with Crippen LogP contribution in [0, 0.1) is 18.7 Å². The van der Waals surface area contributed by atoms with E-state index in [1.807, 2.05) is 6.07 Å². The number of nitrogens with one attached hydrogen (secondary N) is 2. The van der Waals surface area contributed by atoms with E-state index in [1.54, 1.807) is 26.1 Å². The lowest BCUT2D eigenvalue weighted by Gasteiger charge is -2.16. The molecule has 0 spiro atoms. The zero-order valence-corrected chi connectivity index (χ0v) is 16.6. The smallest absolute Gasteiger partial charge is 0.191 e. The lowest BCUT2D eigenvalue weighted by atomic mass is 10.1. The SMILES string of the molecule is CCN1CCC(CNC(=NC)NCc2ccc(C)c(F)c2)C1.I. The van der Waals surface area contributed by atoms with E-state index in [9.17, 15) is 4.39 Å². The molecule has 1 heterocycles. The summed E-state index contributed by atoms with van der Waals surface area (Å²) in [4.78, 5) is 6.70. The summed E-state index contributed by atoms with van der Waals surface area (Å²) in [6, 6.07) is 5.32. The minimum atomic E-state index is -0.159. The molecule has 1 atom stereocenters. The van der Waals surface area contributed by atoms with Crippen molar-refractivity contribution >= 4 is 29.9 Å². The molecular weight excluding hydrogens is 406 g/mol. The molecule has 1 aliphatic rings. The van der Waals surface area contributed by atoms with Crippen LogP contribution in [0.1, 0.15) is 24.5 Å². The van der Waals surface area contributed by atoms with E-state index in [-0.39, 0.29) is 29.8 Å². The average Bonchev–Trinajstić information content (AvgIpc) is 2.99. The average molecular weight is 434 g/mol. The van der Waals surface area contributed by atoms with E-state index < -0.39 is 0 Å². The van der Waals surface area contributed by atoms with Gasteiger partial charge in [-0.2, -0.15) is 0 Å². The molecule has 0 saturated carbocycles. The Balaban J connectivity index is 0.00000264. The number of aryl methyl sites for hydroxylation is 1. The Kier molecular flexibility index (Phi) is 8.83. The second-order valence-corrected chi connectivity index (χ2v) is 5.94. The molecule has 2 rings (SSSR count). The summed E-state index contributed by atoms with van der Waals surface area (Å²) in [5, 5.41) is 6.61. The number of likely N-dealkylation sites (tertiary alicyclic amines) is 1. The van der Waals surface area contributed by atoms with E-state index in [1.165, 1.54) is 13.0 Å². The third-order valence-corrected chi connectivity index (χ3v) is 4.30. The van der Waals surface area contributed by atoms with Crippen LogP contribution in [-0.4, -0.2) is 44.1 Å². The van der Waals surface area contributed by atoms with Crippen molar-refractivity contribution in [2.45, 2.75) is 26.8 Å². The molecule has 1 unspecified atom stereocenters. The normalized spacial score (nSPS) is 18.6. The predicted molar refractivity (Wildman–Crippen MR) is 105 cm³/mol. The molecule has 1 aliphatic heterocycles. The van der Waals surface area contributed by atoms with Crippen LogP contribution in [0.4, 0.5) is 4.39 Å². The van der Waals surface area contributed by atoms with Crippen molar-refractivity contribution in [3.05, 3.63) is 35.1 Å². The molecule has 0 radical (unpaired) electrons. The van der Waals surface area contributed by atoms with Gasteiger partial charge in [0.1, 0.15) is 5.82 Å². The molecule has 1 aromatic carbocycles. The minimum Gasteiger partial charge on any atom is -0.356 e. The molecule has 1 aromatic rings. The van der Waals surface area contributed by atoms with Crippen LogP contribution in [0.5, 0.6) is 0 Å². The zero-order chi connectivity index (χ0) is 15.9. The van der Waals surface area contributed by atoms with Crippen molar-refractivity contribution in [3.63, 3.8) is 0 Å². The van der Waals surface area contributed by atoms with Gasteiger partial charge in [0.25, 0.3) is 0 Å². The predicted octanol–water partition coefficient (Wildman–Crippen LogP) is 2.76. The Morgan fingerprint density at radius 1 is 1.39 bits per heavy atom. The van der Waals surface area contributed by atoms with Crippen molar-refractivity contribution in [1.82, 2.24) is 15.5 Å². The summed E-state index contributed by atoms with van der Waals surface area (Å²) in [7, 11) is 1.76. The van der Waals surface area contributed by atoms with Gasteiger partial charge in [-0.15, -0.1) is 24.0 Å². The summed E-state index contributed by atoms with van der Waals surface area (Å²) in [5.74, 6) is 1.29. The van der Waals surface area contributed by atoms with Gasteiger partial charge in [0.05, 0.1) is 0 Å². The lowest BCUT2D eigenvalue weighted by molar-refractivity contribution is 0.342. The monoisotopic (exact) mass is 434 g/mol. The van der Waals surface area contributed by atoms with E-state index >= 15 is 0 Å². The molecule has 1 fully saturated rings. The van der Waals surface area contributed by atoms with Crippen LogP contribution in [0.15, 0.2) is 23.2 Å². The minimum absolute atomic E-state index is 0. The highest BCUT2D eigenvalue weighted by Crippen LogP contribution is 2.14. The highest BCUT2D eigenvalue weighted by Gasteiger charge is 2.20. The highest BCUT2D eigenvalue weighted by atomic mass is 127. The van der Waals surface area contributed by atoms with Crippen molar-refractivity contribution in [2.75, 3.05) is 33.2 Å². The fraction of sp³-hybridized carbons (Fsp3) is 0.588. The number of guanidine groups is 1. The van der Waals surface area contributed by atoms with Crippen LogP contribution in [0.3, 0.4) is 0 Å². The number of rotatable bonds is 5. The van der Waals surface area contributed by atoms with Crippen LogP contribution >= 0.6 is 24.0 Å². The number of halogens is 2. The maximum atomic E-state index is 13.5. The Morgan fingerprint density at radius 2 is 2.17 bits per heavy atom. The highest BCUT2D eigenvalue weighted by molar-refractivity contribution is 14.0. The summed E-state index contributed by atoms with van der Waals surface area (Å²) in [5.41, 5.74) is 1.59. The maximum absolute atomic E-state index is 13.5. The second kappa shape index (κ2) is 10.1. The first-order valence-electron chi connectivity index (χ1n) is 8.04. The Morgan fingerprint density at radius 3 is 2.78 bits per heavy atom. The molecule has 6 heteroatoms. The van der Waals surface area contributed by atoms with Gasteiger partial charge in [0.2, 0.25) is 0 Å². The summed E-state index contributed by atoms with van der Waals surface area (Å²) < 4.78 is 13.5. The number of nitrogens with zero attached hydrogens (tertiary/aromatic N) is 2. The number of hydrogen-bond donors (Lipinski definition) is 2. The van der Waals surface area contributed by atoms with Crippen molar-refractivity contribution in [3.8, 4) is 0 Å². The van der Waals surface area contributed by atoms with Gasteiger partial charge in [-0.1, -0.05) is 19.1 Å². The largest absolute Gasteiger partial charge is 0.356 e. The molecule has 0 bridgehead atoms. The van der Waals surface area contributed by atoms with E-state index in [0.29, 0.717) is 18.0 Å².